The van der Waals surface area contributed by atoms with Gasteiger partial charge >= 0.3 is 6.11 Å². The average Bonchev–Trinajstić information content (AvgIpc) is 2.08. The Bertz CT molecular complexity index is 324. The number of pyridine rings is 1. The summed E-state index contributed by atoms with van der Waals surface area (Å²) in [6.07, 6.45) is -2.65. The first-order valence-electron chi connectivity index (χ1n) is 3.39. The molecular weight excluding hydrogens is 333 g/mol. The van der Waals surface area contributed by atoms with Crippen molar-refractivity contribution in [2.75, 3.05) is 0 Å². The summed E-state index contributed by atoms with van der Waals surface area (Å²) < 4.78 is 41.8. The van der Waals surface area contributed by atoms with E-state index in [1.54, 1.807) is 22.6 Å². The molecule has 0 bridgehead atoms. The molecule has 7 heteroatoms. The van der Waals surface area contributed by atoms with Crippen LogP contribution in [0.4, 0.5) is 13.2 Å². The Kier molecular flexibility index (Phi) is 3.82. The molecule has 0 spiro atoms. The molecule has 1 atom stereocenters. The molecule has 1 rings (SSSR count). The molecule has 2 nitrogen and oxygen atoms in total. The summed E-state index contributed by atoms with van der Waals surface area (Å²) in [7, 11) is 0. The molecular formula is C7H4ClF3INO. The van der Waals surface area contributed by atoms with Crippen LogP contribution >= 0.6 is 34.2 Å². The third kappa shape index (κ3) is 2.88. The van der Waals surface area contributed by atoms with Gasteiger partial charge in [0.2, 0.25) is 0 Å². The second kappa shape index (κ2) is 4.52. The monoisotopic (exact) mass is 337 g/mol. The molecule has 1 aromatic heterocycles. The topological polar surface area (TPSA) is 22.1 Å². The molecule has 0 aliphatic carbocycles. The van der Waals surface area contributed by atoms with Gasteiger partial charge in [0, 0.05) is 6.20 Å². The predicted octanol–water partition coefficient (Wildman–Crippen LogP) is 3.19. The predicted molar refractivity (Wildman–Crippen MR) is 53.3 cm³/mol. The molecule has 1 unspecified atom stereocenters. The SMILES string of the molecule is FC(Cl)C(F)(F)Oc1cccnc1I. The van der Waals surface area contributed by atoms with E-state index in [1.807, 2.05) is 0 Å². The maximum atomic E-state index is 12.7. The highest BCUT2D eigenvalue weighted by atomic mass is 127. The van der Waals surface area contributed by atoms with Crippen molar-refractivity contribution in [1.82, 2.24) is 4.98 Å². The lowest BCUT2D eigenvalue weighted by Gasteiger charge is -2.17. The number of halogens is 5. The number of hydrogen-bond acceptors (Lipinski definition) is 2. The first-order chi connectivity index (χ1) is 6.43. The number of aromatic nitrogens is 1. The van der Waals surface area contributed by atoms with Crippen molar-refractivity contribution in [1.29, 1.82) is 0 Å². The van der Waals surface area contributed by atoms with Crippen LogP contribution in [0, 0.1) is 3.70 Å². The van der Waals surface area contributed by atoms with Gasteiger partial charge in [-0.05, 0) is 34.7 Å². The Morgan fingerprint density at radius 2 is 2.21 bits per heavy atom. The first-order valence-corrected chi connectivity index (χ1v) is 4.90. The molecule has 0 aliphatic heterocycles. The molecule has 0 fully saturated rings. The minimum atomic E-state index is -4.05. The Balaban J connectivity index is 2.84. The summed E-state index contributed by atoms with van der Waals surface area (Å²) in [5.74, 6) is -0.207. The van der Waals surface area contributed by atoms with E-state index in [1.165, 1.54) is 18.3 Å². The van der Waals surface area contributed by atoms with Crippen molar-refractivity contribution < 1.29 is 17.9 Å². The maximum absolute atomic E-state index is 12.7. The van der Waals surface area contributed by atoms with E-state index in [9.17, 15) is 13.2 Å². The van der Waals surface area contributed by atoms with Gasteiger partial charge in [-0.3, -0.25) is 0 Å². The summed E-state index contributed by atoms with van der Waals surface area (Å²) in [5, 5.41) is 0. The lowest BCUT2D eigenvalue weighted by Crippen LogP contribution is -2.33. The summed E-state index contributed by atoms with van der Waals surface area (Å²) in [6, 6.07) is 2.65. The van der Waals surface area contributed by atoms with Crippen LogP contribution in [-0.2, 0) is 0 Å². The van der Waals surface area contributed by atoms with Gasteiger partial charge < -0.3 is 4.74 Å². The minimum absolute atomic E-state index is 0.207. The number of rotatable bonds is 3. The third-order valence-electron chi connectivity index (χ3n) is 1.22. The van der Waals surface area contributed by atoms with Crippen LogP contribution in [0.15, 0.2) is 18.3 Å². The third-order valence-corrected chi connectivity index (χ3v) is 2.29. The lowest BCUT2D eigenvalue weighted by atomic mass is 10.5. The Labute approximate surface area is 96.6 Å². The van der Waals surface area contributed by atoms with Crippen LogP contribution in [0.25, 0.3) is 0 Å². The molecule has 1 heterocycles. The molecule has 0 aliphatic rings. The molecule has 0 saturated carbocycles. The maximum Gasteiger partial charge on any atom is 0.444 e. The van der Waals surface area contributed by atoms with Crippen molar-refractivity contribution >= 4 is 34.2 Å². The minimum Gasteiger partial charge on any atom is -0.427 e. The van der Waals surface area contributed by atoms with Gasteiger partial charge in [0.1, 0.15) is 3.70 Å². The standard InChI is InChI=1S/C7H4ClF3INO/c8-6(9)7(10,11)14-4-2-1-3-13-5(4)12/h1-3,6H. The molecule has 78 valence electrons. The molecule has 0 saturated heterocycles. The van der Waals surface area contributed by atoms with E-state index in [4.69, 9.17) is 0 Å². The van der Waals surface area contributed by atoms with E-state index >= 15 is 0 Å². The number of alkyl halides is 4. The van der Waals surface area contributed by atoms with Crippen LogP contribution in [0.5, 0.6) is 5.75 Å². The average molecular weight is 337 g/mol. The fraction of sp³-hybridized carbons (Fsp3) is 0.286. The number of ether oxygens (including phenoxy) is 1. The molecule has 0 aromatic carbocycles. The summed E-state index contributed by atoms with van der Waals surface area (Å²) in [4.78, 5) is 3.69. The Hall–Kier alpha value is -0.240. The normalized spacial score (nSPS) is 13.8. The van der Waals surface area contributed by atoms with Crippen LogP contribution in [0.2, 0.25) is 0 Å². The van der Waals surface area contributed by atoms with E-state index < -0.39 is 11.7 Å². The molecule has 14 heavy (non-hydrogen) atoms. The summed E-state index contributed by atoms with van der Waals surface area (Å²) in [6.45, 7) is 0. The molecule has 0 N–H and O–H groups in total. The zero-order chi connectivity index (χ0) is 10.8. The zero-order valence-electron chi connectivity index (χ0n) is 6.55. The zero-order valence-corrected chi connectivity index (χ0v) is 9.47. The number of hydrogen-bond donors (Lipinski definition) is 0. The molecule has 1 aromatic rings. The van der Waals surface area contributed by atoms with Gasteiger partial charge in [0.15, 0.2) is 5.75 Å². The smallest absolute Gasteiger partial charge is 0.427 e. The highest BCUT2D eigenvalue weighted by Crippen LogP contribution is 2.30. The lowest BCUT2D eigenvalue weighted by molar-refractivity contribution is -0.199. The van der Waals surface area contributed by atoms with Crippen LogP contribution < -0.4 is 4.74 Å². The summed E-state index contributed by atoms with van der Waals surface area (Å²) >= 11 is 6.30. The second-order valence-corrected chi connectivity index (χ2v) is 3.66. The highest BCUT2D eigenvalue weighted by molar-refractivity contribution is 14.1. The van der Waals surface area contributed by atoms with Gasteiger partial charge in [0.05, 0.1) is 0 Å². The Morgan fingerprint density at radius 3 is 2.71 bits per heavy atom. The fourth-order valence-corrected chi connectivity index (χ4v) is 1.13. The summed E-state index contributed by atoms with van der Waals surface area (Å²) in [5.41, 5.74) is -2.89. The van der Waals surface area contributed by atoms with Gasteiger partial charge in [-0.1, -0.05) is 11.6 Å². The van der Waals surface area contributed by atoms with E-state index in [-0.39, 0.29) is 9.45 Å². The fourth-order valence-electron chi connectivity index (χ4n) is 0.639. The van der Waals surface area contributed by atoms with Gasteiger partial charge in [0.25, 0.3) is 5.63 Å². The van der Waals surface area contributed by atoms with Crippen molar-refractivity contribution in [3.63, 3.8) is 0 Å². The number of nitrogens with zero attached hydrogens (tertiary/aromatic N) is 1. The molecule has 0 amide bonds. The van der Waals surface area contributed by atoms with Gasteiger partial charge in [-0.25, -0.2) is 9.37 Å². The van der Waals surface area contributed by atoms with Crippen molar-refractivity contribution in [2.24, 2.45) is 0 Å². The second-order valence-electron chi connectivity index (χ2n) is 2.26. The van der Waals surface area contributed by atoms with Crippen LogP contribution in [-0.4, -0.2) is 16.7 Å². The van der Waals surface area contributed by atoms with E-state index in [2.05, 4.69) is 21.3 Å². The van der Waals surface area contributed by atoms with Crippen molar-refractivity contribution in [2.45, 2.75) is 11.7 Å². The molecule has 0 radical (unpaired) electrons. The van der Waals surface area contributed by atoms with Crippen molar-refractivity contribution in [3.05, 3.63) is 22.0 Å². The Morgan fingerprint density at radius 1 is 1.57 bits per heavy atom. The van der Waals surface area contributed by atoms with Gasteiger partial charge in [-0.2, -0.15) is 8.78 Å². The van der Waals surface area contributed by atoms with E-state index in [0.717, 1.165) is 0 Å². The van der Waals surface area contributed by atoms with Crippen molar-refractivity contribution in [3.8, 4) is 5.75 Å². The van der Waals surface area contributed by atoms with E-state index in [0.29, 0.717) is 0 Å². The van der Waals surface area contributed by atoms with Crippen LogP contribution in [0.1, 0.15) is 0 Å². The first kappa shape index (κ1) is 11.8. The van der Waals surface area contributed by atoms with Gasteiger partial charge in [-0.15, -0.1) is 0 Å². The quantitative estimate of drug-likeness (QED) is 0.480. The largest absolute Gasteiger partial charge is 0.444 e. The highest BCUT2D eigenvalue weighted by Gasteiger charge is 2.42. The van der Waals surface area contributed by atoms with Crippen LogP contribution in [0.3, 0.4) is 0 Å².